The van der Waals surface area contributed by atoms with Gasteiger partial charge in [-0.3, -0.25) is 4.79 Å². The Morgan fingerprint density at radius 3 is 2.53 bits per heavy atom. The molecular formula is C15H25N3O. The van der Waals surface area contributed by atoms with Crippen LogP contribution >= 0.6 is 0 Å². The van der Waals surface area contributed by atoms with Crippen LogP contribution in [-0.4, -0.2) is 25.5 Å². The van der Waals surface area contributed by atoms with E-state index in [-0.39, 0.29) is 17.9 Å². The lowest BCUT2D eigenvalue weighted by Gasteiger charge is -2.19. The molecular weight excluding hydrogens is 238 g/mol. The number of carbonyl (C=O) groups is 1. The first kappa shape index (κ1) is 15.7. The van der Waals surface area contributed by atoms with Crippen molar-refractivity contribution in [3.05, 3.63) is 35.9 Å². The average molecular weight is 263 g/mol. The Labute approximate surface area is 115 Å². The molecule has 1 aromatic carbocycles. The number of carbonyl (C=O) groups excluding carboxylic acids is 1. The maximum Gasteiger partial charge on any atom is 0.224 e. The highest BCUT2D eigenvalue weighted by molar-refractivity contribution is 5.79. The Kier molecular flexibility index (Phi) is 7.15. The second kappa shape index (κ2) is 8.67. The Hall–Kier alpha value is -1.39. The van der Waals surface area contributed by atoms with Crippen LogP contribution in [0.15, 0.2) is 30.3 Å². The van der Waals surface area contributed by atoms with E-state index in [1.807, 2.05) is 37.3 Å². The standard InChI is InChI=1S/C15H25N3O/c1-3-9-17-10-11-18-15(19)12(2)14(16)13-7-5-4-6-8-13/h4-8,12,14,17H,3,9-11,16H2,1-2H3,(H,18,19). The molecule has 0 aliphatic carbocycles. The normalized spacial score (nSPS) is 13.8. The summed E-state index contributed by atoms with van der Waals surface area (Å²) in [7, 11) is 0. The summed E-state index contributed by atoms with van der Waals surface area (Å²) in [6.07, 6.45) is 1.10. The van der Waals surface area contributed by atoms with Gasteiger partial charge < -0.3 is 16.4 Å². The number of hydrogen-bond donors (Lipinski definition) is 3. The molecule has 0 aromatic heterocycles. The molecule has 0 saturated heterocycles. The zero-order valence-corrected chi connectivity index (χ0v) is 11.9. The summed E-state index contributed by atoms with van der Waals surface area (Å²) in [6, 6.07) is 9.47. The highest BCUT2D eigenvalue weighted by Crippen LogP contribution is 2.18. The first-order chi connectivity index (χ1) is 9.16. The molecule has 0 spiro atoms. The molecule has 0 heterocycles. The van der Waals surface area contributed by atoms with Gasteiger partial charge in [-0.05, 0) is 18.5 Å². The molecule has 4 nitrogen and oxygen atoms in total. The monoisotopic (exact) mass is 263 g/mol. The molecule has 1 amide bonds. The topological polar surface area (TPSA) is 67.1 Å². The highest BCUT2D eigenvalue weighted by atomic mass is 16.1. The van der Waals surface area contributed by atoms with Gasteiger partial charge in [0.05, 0.1) is 5.92 Å². The van der Waals surface area contributed by atoms with Crippen LogP contribution in [0.25, 0.3) is 0 Å². The minimum Gasteiger partial charge on any atom is -0.355 e. The highest BCUT2D eigenvalue weighted by Gasteiger charge is 2.21. The third-order valence-corrected chi connectivity index (χ3v) is 3.16. The maximum absolute atomic E-state index is 12.0. The van der Waals surface area contributed by atoms with Gasteiger partial charge in [-0.15, -0.1) is 0 Å². The molecule has 2 atom stereocenters. The minimum atomic E-state index is -0.259. The zero-order chi connectivity index (χ0) is 14.1. The average Bonchev–Trinajstić information content (AvgIpc) is 2.46. The Morgan fingerprint density at radius 2 is 1.89 bits per heavy atom. The van der Waals surface area contributed by atoms with E-state index in [0.29, 0.717) is 6.54 Å². The molecule has 1 aromatic rings. The van der Waals surface area contributed by atoms with Gasteiger partial charge >= 0.3 is 0 Å². The number of hydrogen-bond acceptors (Lipinski definition) is 3. The quantitative estimate of drug-likeness (QED) is 0.622. The van der Waals surface area contributed by atoms with E-state index in [1.54, 1.807) is 0 Å². The SMILES string of the molecule is CCCNCCNC(=O)C(C)C(N)c1ccccc1. The Balaban J connectivity index is 2.35. The molecule has 0 fully saturated rings. The summed E-state index contributed by atoms with van der Waals surface area (Å²) in [5.74, 6) is -0.219. The van der Waals surface area contributed by atoms with Gasteiger partial charge in [0.25, 0.3) is 0 Å². The Bertz CT molecular complexity index is 367. The van der Waals surface area contributed by atoms with Crippen molar-refractivity contribution in [1.29, 1.82) is 0 Å². The van der Waals surface area contributed by atoms with Gasteiger partial charge in [-0.2, -0.15) is 0 Å². The molecule has 0 radical (unpaired) electrons. The molecule has 4 N–H and O–H groups in total. The van der Waals surface area contributed by atoms with Crippen LogP contribution in [0.4, 0.5) is 0 Å². The van der Waals surface area contributed by atoms with Crippen molar-refractivity contribution in [2.75, 3.05) is 19.6 Å². The molecule has 19 heavy (non-hydrogen) atoms. The van der Waals surface area contributed by atoms with Crippen LogP contribution in [0.2, 0.25) is 0 Å². The Morgan fingerprint density at radius 1 is 1.21 bits per heavy atom. The van der Waals surface area contributed by atoms with Crippen molar-refractivity contribution < 1.29 is 4.79 Å². The van der Waals surface area contributed by atoms with E-state index in [4.69, 9.17) is 5.73 Å². The van der Waals surface area contributed by atoms with Crippen molar-refractivity contribution in [2.45, 2.75) is 26.3 Å². The van der Waals surface area contributed by atoms with E-state index in [9.17, 15) is 4.79 Å². The second-order valence-corrected chi connectivity index (χ2v) is 4.77. The lowest BCUT2D eigenvalue weighted by Crippen LogP contribution is -2.38. The number of nitrogens with two attached hydrogens (primary N) is 1. The minimum absolute atomic E-state index is 0.00894. The fourth-order valence-corrected chi connectivity index (χ4v) is 1.86. The third-order valence-electron chi connectivity index (χ3n) is 3.16. The van der Waals surface area contributed by atoms with Gasteiger partial charge in [-0.1, -0.05) is 44.2 Å². The molecule has 0 saturated carbocycles. The maximum atomic E-state index is 12.0. The first-order valence-electron chi connectivity index (χ1n) is 6.95. The van der Waals surface area contributed by atoms with Crippen molar-refractivity contribution in [3.8, 4) is 0 Å². The molecule has 0 bridgehead atoms. The summed E-state index contributed by atoms with van der Waals surface area (Å²) < 4.78 is 0. The van der Waals surface area contributed by atoms with Crippen LogP contribution in [-0.2, 0) is 4.79 Å². The number of amides is 1. The van der Waals surface area contributed by atoms with Gasteiger partial charge in [0.2, 0.25) is 5.91 Å². The lowest BCUT2D eigenvalue weighted by atomic mass is 9.95. The molecule has 2 unspecified atom stereocenters. The molecule has 4 heteroatoms. The van der Waals surface area contributed by atoms with Crippen LogP contribution in [0.3, 0.4) is 0 Å². The van der Waals surface area contributed by atoms with Gasteiger partial charge in [0.15, 0.2) is 0 Å². The molecule has 0 aliphatic heterocycles. The van der Waals surface area contributed by atoms with Gasteiger partial charge in [0, 0.05) is 19.1 Å². The smallest absolute Gasteiger partial charge is 0.224 e. The predicted molar refractivity (Wildman–Crippen MR) is 78.7 cm³/mol. The van der Waals surface area contributed by atoms with E-state index < -0.39 is 0 Å². The van der Waals surface area contributed by atoms with Crippen LogP contribution < -0.4 is 16.4 Å². The third kappa shape index (κ3) is 5.41. The largest absolute Gasteiger partial charge is 0.355 e. The second-order valence-electron chi connectivity index (χ2n) is 4.77. The molecule has 1 rings (SSSR count). The number of nitrogens with one attached hydrogen (secondary N) is 2. The van der Waals surface area contributed by atoms with E-state index in [2.05, 4.69) is 17.6 Å². The first-order valence-corrected chi connectivity index (χ1v) is 6.95. The molecule has 0 aliphatic rings. The van der Waals surface area contributed by atoms with E-state index in [0.717, 1.165) is 25.1 Å². The fourth-order valence-electron chi connectivity index (χ4n) is 1.86. The number of rotatable bonds is 8. The van der Waals surface area contributed by atoms with Crippen molar-refractivity contribution >= 4 is 5.91 Å². The van der Waals surface area contributed by atoms with Gasteiger partial charge in [0.1, 0.15) is 0 Å². The van der Waals surface area contributed by atoms with Crippen molar-refractivity contribution in [2.24, 2.45) is 11.7 Å². The summed E-state index contributed by atoms with van der Waals surface area (Å²) in [4.78, 5) is 12.0. The summed E-state index contributed by atoms with van der Waals surface area (Å²) in [5.41, 5.74) is 7.11. The van der Waals surface area contributed by atoms with Crippen LogP contribution in [0.5, 0.6) is 0 Å². The summed E-state index contributed by atoms with van der Waals surface area (Å²) in [6.45, 7) is 6.41. The van der Waals surface area contributed by atoms with Crippen LogP contribution in [0.1, 0.15) is 31.9 Å². The zero-order valence-electron chi connectivity index (χ0n) is 11.9. The predicted octanol–water partition coefficient (Wildman–Crippen LogP) is 1.44. The summed E-state index contributed by atoms with van der Waals surface area (Å²) in [5, 5.41) is 6.15. The molecule has 106 valence electrons. The summed E-state index contributed by atoms with van der Waals surface area (Å²) >= 11 is 0. The number of benzene rings is 1. The van der Waals surface area contributed by atoms with Crippen molar-refractivity contribution in [3.63, 3.8) is 0 Å². The van der Waals surface area contributed by atoms with Crippen molar-refractivity contribution in [1.82, 2.24) is 10.6 Å². The fraction of sp³-hybridized carbons (Fsp3) is 0.533. The van der Waals surface area contributed by atoms with Crippen LogP contribution in [0, 0.1) is 5.92 Å². The van der Waals surface area contributed by atoms with E-state index >= 15 is 0 Å². The van der Waals surface area contributed by atoms with E-state index in [1.165, 1.54) is 0 Å². The lowest BCUT2D eigenvalue weighted by molar-refractivity contribution is -0.125. The van der Waals surface area contributed by atoms with Gasteiger partial charge in [-0.25, -0.2) is 0 Å².